The van der Waals surface area contributed by atoms with E-state index >= 15 is 0 Å². The lowest BCUT2D eigenvalue weighted by Crippen LogP contribution is -2.65. The molecule has 0 aromatic carbocycles. The summed E-state index contributed by atoms with van der Waals surface area (Å²) in [4.78, 5) is 13.2. The van der Waals surface area contributed by atoms with Gasteiger partial charge in [-0.2, -0.15) is 0 Å². The van der Waals surface area contributed by atoms with Crippen LogP contribution in [0.1, 0.15) is 18.0 Å². The van der Waals surface area contributed by atoms with Gasteiger partial charge >= 0.3 is 0 Å². The molecule has 2 unspecified atom stereocenters. The van der Waals surface area contributed by atoms with Crippen molar-refractivity contribution in [2.24, 2.45) is 11.7 Å². The van der Waals surface area contributed by atoms with Crippen LogP contribution in [0.3, 0.4) is 0 Å². The first-order chi connectivity index (χ1) is 7.27. The van der Waals surface area contributed by atoms with Crippen molar-refractivity contribution in [1.82, 2.24) is 10.3 Å². The molecule has 0 aliphatic carbocycles. The summed E-state index contributed by atoms with van der Waals surface area (Å²) in [6.07, 6.45) is 2.60. The van der Waals surface area contributed by atoms with Crippen molar-refractivity contribution in [2.45, 2.75) is 12.3 Å². The number of hydrogen-bond donors (Lipinski definition) is 1. The highest BCUT2D eigenvalue weighted by atomic mass is 16.1. The first-order valence-corrected chi connectivity index (χ1v) is 5.06. The third kappa shape index (κ3) is 1.10. The first kappa shape index (κ1) is 8.58. The Kier molecular flexibility index (Phi) is 1.65. The van der Waals surface area contributed by atoms with Gasteiger partial charge < -0.3 is 5.73 Å². The van der Waals surface area contributed by atoms with E-state index < -0.39 is 0 Å². The van der Waals surface area contributed by atoms with Crippen LogP contribution >= 0.6 is 0 Å². The van der Waals surface area contributed by atoms with Gasteiger partial charge in [0.15, 0.2) is 17.1 Å². The summed E-state index contributed by atoms with van der Waals surface area (Å²) in [6, 6.07) is 1.83. The van der Waals surface area contributed by atoms with Crippen molar-refractivity contribution in [3.63, 3.8) is 0 Å². The Morgan fingerprint density at radius 3 is 3.33 bits per heavy atom. The summed E-state index contributed by atoms with van der Waals surface area (Å²) in [5.41, 5.74) is 6.31. The van der Waals surface area contributed by atoms with Crippen molar-refractivity contribution in [3.8, 4) is 0 Å². The third-order valence-electron chi connectivity index (χ3n) is 3.25. The summed E-state index contributed by atoms with van der Waals surface area (Å²) >= 11 is 0. The maximum absolute atomic E-state index is 11.4. The SMILES string of the molecule is NC(=O)C1c2ccnn[n+]2N2CCC1C2. The molecule has 2 aliphatic heterocycles. The molecule has 1 saturated heterocycles. The van der Waals surface area contributed by atoms with Gasteiger partial charge in [0.25, 0.3) is 0 Å². The molecule has 2 bridgehead atoms. The van der Waals surface area contributed by atoms with Crippen LogP contribution in [0.25, 0.3) is 0 Å². The van der Waals surface area contributed by atoms with Crippen LogP contribution in [-0.4, -0.2) is 29.3 Å². The monoisotopic (exact) mass is 206 g/mol. The van der Waals surface area contributed by atoms with Gasteiger partial charge in [0.05, 0.1) is 18.2 Å². The molecule has 0 spiro atoms. The molecule has 3 heterocycles. The van der Waals surface area contributed by atoms with E-state index in [1.54, 1.807) is 11.0 Å². The lowest BCUT2D eigenvalue weighted by atomic mass is 9.87. The topological polar surface area (TPSA) is 76.0 Å². The van der Waals surface area contributed by atoms with Crippen molar-refractivity contribution in [2.75, 3.05) is 18.1 Å². The zero-order valence-corrected chi connectivity index (χ0v) is 8.21. The molecule has 1 amide bonds. The molecule has 1 aromatic rings. The maximum Gasteiger partial charge on any atom is 0.229 e. The zero-order valence-electron chi connectivity index (χ0n) is 8.21. The number of hydrogen-bond acceptors (Lipinski definition) is 4. The van der Waals surface area contributed by atoms with Crippen molar-refractivity contribution < 1.29 is 9.59 Å². The number of carbonyl (C=O) groups excluding carboxylic acids is 1. The summed E-state index contributed by atoms with van der Waals surface area (Å²) in [5.74, 6) is -0.130. The van der Waals surface area contributed by atoms with Crippen molar-refractivity contribution in [3.05, 3.63) is 18.0 Å². The maximum atomic E-state index is 11.4. The van der Waals surface area contributed by atoms with E-state index in [1.165, 1.54) is 0 Å². The van der Waals surface area contributed by atoms with Crippen LogP contribution in [0.15, 0.2) is 12.3 Å². The second kappa shape index (κ2) is 2.88. The van der Waals surface area contributed by atoms with E-state index in [1.807, 2.05) is 6.07 Å². The Labute approximate surface area is 86.6 Å². The quantitative estimate of drug-likeness (QED) is 0.556. The minimum Gasteiger partial charge on any atom is -0.369 e. The van der Waals surface area contributed by atoms with Crippen LogP contribution < -0.4 is 15.5 Å². The van der Waals surface area contributed by atoms with E-state index in [2.05, 4.69) is 15.3 Å². The standard InChI is InChI=1S/C9H11N5O/c10-9(15)8-6-2-4-13(5-6)14-7(8)1-3-11-12-14/h1,3,6,8H,2,4-5H2,(H-,10,15)/p+1. The molecule has 0 radical (unpaired) electrons. The smallest absolute Gasteiger partial charge is 0.229 e. The van der Waals surface area contributed by atoms with Crippen LogP contribution in [0.5, 0.6) is 0 Å². The molecule has 2 atom stereocenters. The van der Waals surface area contributed by atoms with Gasteiger partial charge in [-0.15, -0.1) is 0 Å². The first-order valence-electron chi connectivity index (χ1n) is 5.06. The highest BCUT2D eigenvalue weighted by molar-refractivity contribution is 5.81. The molecule has 15 heavy (non-hydrogen) atoms. The zero-order chi connectivity index (χ0) is 10.4. The summed E-state index contributed by atoms with van der Waals surface area (Å²) < 4.78 is 0. The Morgan fingerprint density at radius 1 is 1.67 bits per heavy atom. The van der Waals surface area contributed by atoms with Gasteiger partial charge in [-0.3, -0.25) is 4.79 Å². The molecule has 0 saturated carbocycles. The number of amides is 1. The second-order valence-corrected chi connectivity index (χ2v) is 4.08. The average Bonchev–Trinajstić information content (AvgIpc) is 2.63. The molecule has 2 aliphatic rings. The normalized spacial score (nSPS) is 27.6. The Bertz CT molecular complexity index is 421. The number of rotatable bonds is 1. The van der Waals surface area contributed by atoms with Crippen molar-refractivity contribution >= 4 is 5.91 Å². The number of aromatic nitrogens is 3. The number of fused-ring (bicyclic) bond motifs is 4. The fourth-order valence-corrected chi connectivity index (χ4v) is 2.59. The fourth-order valence-electron chi connectivity index (χ4n) is 2.59. The largest absolute Gasteiger partial charge is 0.369 e. The van der Waals surface area contributed by atoms with E-state index in [9.17, 15) is 4.79 Å². The summed E-state index contributed by atoms with van der Waals surface area (Å²) in [6.45, 7) is 1.77. The lowest BCUT2D eigenvalue weighted by molar-refractivity contribution is -0.764. The van der Waals surface area contributed by atoms with E-state index in [0.29, 0.717) is 5.92 Å². The van der Waals surface area contributed by atoms with E-state index in [-0.39, 0.29) is 11.8 Å². The molecule has 3 rings (SSSR count). The van der Waals surface area contributed by atoms with Crippen LogP contribution in [0.2, 0.25) is 0 Å². The van der Waals surface area contributed by atoms with Gasteiger partial charge in [0.1, 0.15) is 5.92 Å². The number of carbonyl (C=O) groups is 1. The minimum atomic E-state index is -0.261. The van der Waals surface area contributed by atoms with Gasteiger partial charge in [-0.05, 0) is 11.2 Å². The predicted octanol–water partition coefficient (Wildman–Crippen LogP) is -1.70. The third-order valence-corrected chi connectivity index (χ3v) is 3.25. The van der Waals surface area contributed by atoms with Gasteiger partial charge in [-0.1, -0.05) is 0 Å². The Morgan fingerprint density at radius 2 is 2.53 bits per heavy atom. The Balaban J connectivity index is 2.15. The fraction of sp³-hybridized carbons (Fsp3) is 0.556. The second-order valence-electron chi connectivity index (χ2n) is 4.08. The number of primary amides is 1. The predicted molar refractivity (Wildman–Crippen MR) is 50.2 cm³/mol. The van der Waals surface area contributed by atoms with Gasteiger partial charge in [0.2, 0.25) is 5.91 Å². The lowest BCUT2D eigenvalue weighted by Gasteiger charge is -2.25. The Hall–Kier alpha value is -1.72. The number of nitrogens with zero attached hydrogens (tertiary/aromatic N) is 4. The average molecular weight is 206 g/mol. The van der Waals surface area contributed by atoms with E-state index in [4.69, 9.17) is 5.73 Å². The summed E-state index contributed by atoms with van der Waals surface area (Å²) in [5, 5.41) is 9.95. The van der Waals surface area contributed by atoms with Crippen molar-refractivity contribution in [1.29, 1.82) is 0 Å². The summed E-state index contributed by atoms with van der Waals surface area (Å²) in [7, 11) is 0. The van der Waals surface area contributed by atoms with Gasteiger partial charge in [0, 0.05) is 12.0 Å². The molecule has 6 heteroatoms. The van der Waals surface area contributed by atoms with Crippen LogP contribution in [0.4, 0.5) is 0 Å². The molecule has 1 fully saturated rings. The highest BCUT2D eigenvalue weighted by Gasteiger charge is 2.45. The highest BCUT2D eigenvalue weighted by Crippen LogP contribution is 2.31. The molecule has 1 aromatic heterocycles. The molecule has 78 valence electrons. The number of nitrogens with two attached hydrogens (primary N) is 1. The molecule has 2 N–H and O–H groups in total. The molecular weight excluding hydrogens is 194 g/mol. The van der Waals surface area contributed by atoms with Crippen LogP contribution in [-0.2, 0) is 4.79 Å². The van der Waals surface area contributed by atoms with E-state index in [0.717, 1.165) is 25.2 Å². The molecule has 6 nitrogen and oxygen atoms in total. The minimum absolute atomic E-state index is 0.209. The molecular formula is C9H12N5O+. The van der Waals surface area contributed by atoms with Crippen LogP contribution in [0, 0.1) is 5.92 Å². The van der Waals surface area contributed by atoms with Gasteiger partial charge in [-0.25, -0.2) is 5.01 Å².